The Labute approximate surface area is 112 Å². The number of carbonyl (C=O) groups is 1. The molecule has 18 heavy (non-hydrogen) atoms. The van der Waals surface area contributed by atoms with Gasteiger partial charge in [0.1, 0.15) is 0 Å². The van der Waals surface area contributed by atoms with Crippen LogP contribution >= 0.6 is 11.8 Å². The summed E-state index contributed by atoms with van der Waals surface area (Å²) in [5, 5.41) is 8.71. The molecule has 0 aromatic heterocycles. The Kier molecular flexibility index (Phi) is 4.46. The number of hydrogen-bond acceptors (Lipinski definition) is 3. The Hall–Kier alpha value is -1.42. The number of hydrogen-bond donors (Lipinski definition) is 2. The number of nitrogen functional groups attached to an aromatic ring is 1. The molecule has 98 valence electrons. The molecule has 3 nitrogen and oxygen atoms in total. The minimum atomic E-state index is -0.945. The van der Waals surface area contributed by atoms with Crippen molar-refractivity contribution >= 4 is 29.0 Å². The number of rotatable bonds is 3. The standard InChI is InChI=1S/C14H19NO2S/c1-9(7-13(16)17)10-5-6-12(11(15)8-10)18-14(2,3)4/h5-8H,15H2,1-4H3,(H,16,17). The molecule has 0 aliphatic heterocycles. The van der Waals surface area contributed by atoms with Gasteiger partial charge in [-0.3, -0.25) is 0 Å². The summed E-state index contributed by atoms with van der Waals surface area (Å²) in [6.45, 7) is 8.14. The highest BCUT2D eigenvalue weighted by Gasteiger charge is 2.14. The minimum absolute atomic E-state index is 0.0988. The number of anilines is 1. The molecule has 0 heterocycles. The van der Waals surface area contributed by atoms with Gasteiger partial charge in [0.2, 0.25) is 0 Å². The van der Waals surface area contributed by atoms with E-state index in [4.69, 9.17) is 10.8 Å². The van der Waals surface area contributed by atoms with Crippen LogP contribution in [0, 0.1) is 0 Å². The summed E-state index contributed by atoms with van der Waals surface area (Å²) < 4.78 is 0.0988. The van der Waals surface area contributed by atoms with E-state index in [0.29, 0.717) is 11.3 Å². The molecule has 0 unspecified atom stereocenters. The number of benzene rings is 1. The molecule has 0 spiro atoms. The van der Waals surface area contributed by atoms with Crippen molar-refractivity contribution < 1.29 is 9.90 Å². The van der Waals surface area contributed by atoms with Crippen LogP contribution in [0.15, 0.2) is 29.2 Å². The van der Waals surface area contributed by atoms with Crippen molar-refractivity contribution in [2.75, 3.05) is 5.73 Å². The van der Waals surface area contributed by atoms with Crippen molar-refractivity contribution in [3.63, 3.8) is 0 Å². The molecular weight excluding hydrogens is 246 g/mol. The van der Waals surface area contributed by atoms with E-state index in [1.54, 1.807) is 18.7 Å². The van der Waals surface area contributed by atoms with Crippen molar-refractivity contribution in [1.82, 2.24) is 0 Å². The third-order valence-corrected chi connectivity index (χ3v) is 3.43. The number of allylic oxidation sites excluding steroid dienone is 1. The molecule has 1 aromatic rings. The first kappa shape index (κ1) is 14.6. The molecule has 0 saturated heterocycles. The average Bonchev–Trinajstić information content (AvgIpc) is 2.18. The molecule has 0 bridgehead atoms. The van der Waals surface area contributed by atoms with Gasteiger partial charge in [0.05, 0.1) is 0 Å². The van der Waals surface area contributed by atoms with Gasteiger partial charge in [0.15, 0.2) is 0 Å². The van der Waals surface area contributed by atoms with Crippen LogP contribution in [-0.2, 0) is 4.79 Å². The van der Waals surface area contributed by atoms with Crippen LogP contribution in [0.3, 0.4) is 0 Å². The lowest BCUT2D eigenvalue weighted by molar-refractivity contribution is -0.131. The summed E-state index contributed by atoms with van der Waals surface area (Å²) in [4.78, 5) is 11.6. The quantitative estimate of drug-likeness (QED) is 0.497. The van der Waals surface area contributed by atoms with E-state index in [9.17, 15) is 4.79 Å². The van der Waals surface area contributed by atoms with E-state index in [0.717, 1.165) is 10.5 Å². The molecule has 0 aliphatic carbocycles. The third-order valence-electron chi connectivity index (χ3n) is 2.22. The second-order valence-corrected chi connectivity index (χ2v) is 7.00. The lowest BCUT2D eigenvalue weighted by atomic mass is 10.1. The van der Waals surface area contributed by atoms with E-state index in [-0.39, 0.29) is 4.75 Å². The predicted molar refractivity (Wildman–Crippen MR) is 77.8 cm³/mol. The number of aliphatic carboxylic acids is 1. The van der Waals surface area contributed by atoms with Crippen LogP contribution in [-0.4, -0.2) is 15.8 Å². The van der Waals surface area contributed by atoms with E-state index < -0.39 is 5.97 Å². The summed E-state index contributed by atoms with van der Waals surface area (Å²) in [6.07, 6.45) is 1.19. The summed E-state index contributed by atoms with van der Waals surface area (Å²) in [6, 6.07) is 5.67. The maximum absolute atomic E-state index is 10.6. The smallest absolute Gasteiger partial charge is 0.328 e. The normalized spacial score (nSPS) is 12.6. The maximum atomic E-state index is 10.6. The molecule has 4 heteroatoms. The molecule has 0 atom stereocenters. The molecule has 0 aliphatic rings. The van der Waals surface area contributed by atoms with E-state index in [1.807, 2.05) is 18.2 Å². The number of thioether (sulfide) groups is 1. The molecule has 0 saturated carbocycles. The van der Waals surface area contributed by atoms with Crippen molar-refractivity contribution in [3.8, 4) is 0 Å². The van der Waals surface area contributed by atoms with Gasteiger partial charge >= 0.3 is 5.97 Å². The first-order valence-corrected chi connectivity index (χ1v) is 6.51. The van der Waals surface area contributed by atoms with Crippen molar-refractivity contribution in [1.29, 1.82) is 0 Å². The van der Waals surface area contributed by atoms with Crippen molar-refractivity contribution in [3.05, 3.63) is 29.8 Å². The number of carboxylic acid groups (broad SMARTS) is 1. The van der Waals surface area contributed by atoms with Crippen molar-refractivity contribution in [2.45, 2.75) is 37.3 Å². The lowest BCUT2D eigenvalue weighted by Gasteiger charge is -2.19. The van der Waals surface area contributed by atoms with E-state index in [2.05, 4.69) is 20.8 Å². The predicted octanol–water partition coefficient (Wildman–Crippen LogP) is 3.65. The number of carboxylic acids is 1. The van der Waals surface area contributed by atoms with Gasteiger partial charge in [0, 0.05) is 21.4 Å². The lowest BCUT2D eigenvalue weighted by Crippen LogP contribution is -2.07. The molecular formula is C14H19NO2S. The summed E-state index contributed by atoms with van der Waals surface area (Å²) in [7, 11) is 0. The van der Waals surface area contributed by atoms with Gasteiger partial charge < -0.3 is 10.8 Å². The van der Waals surface area contributed by atoms with Crippen LogP contribution in [0.5, 0.6) is 0 Å². The Balaban J connectivity index is 3.03. The average molecular weight is 265 g/mol. The van der Waals surface area contributed by atoms with Gasteiger partial charge in [-0.15, -0.1) is 11.8 Å². The van der Waals surface area contributed by atoms with Gasteiger partial charge in [-0.1, -0.05) is 26.8 Å². The van der Waals surface area contributed by atoms with E-state index >= 15 is 0 Å². The van der Waals surface area contributed by atoms with E-state index in [1.165, 1.54) is 6.08 Å². The Morgan fingerprint density at radius 3 is 2.44 bits per heavy atom. The van der Waals surface area contributed by atoms with Crippen molar-refractivity contribution in [2.24, 2.45) is 0 Å². The topological polar surface area (TPSA) is 63.3 Å². The minimum Gasteiger partial charge on any atom is -0.478 e. The highest BCUT2D eigenvalue weighted by Crippen LogP contribution is 2.36. The summed E-state index contributed by atoms with van der Waals surface area (Å²) in [5.74, 6) is -0.945. The number of nitrogens with two attached hydrogens (primary N) is 1. The summed E-state index contributed by atoms with van der Waals surface area (Å²) in [5.41, 5.74) is 8.22. The molecule has 1 rings (SSSR count). The Bertz CT molecular complexity index is 487. The van der Waals surface area contributed by atoms with Gasteiger partial charge in [-0.05, 0) is 30.2 Å². The van der Waals surface area contributed by atoms with Gasteiger partial charge in [-0.2, -0.15) is 0 Å². The zero-order valence-electron chi connectivity index (χ0n) is 11.2. The monoisotopic (exact) mass is 265 g/mol. The van der Waals surface area contributed by atoms with Crippen LogP contribution < -0.4 is 5.73 Å². The summed E-state index contributed by atoms with van der Waals surface area (Å²) >= 11 is 1.70. The van der Waals surface area contributed by atoms with Crippen LogP contribution in [0.4, 0.5) is 5.69 Å². The Morgan fingerprint density at radius 1 is 1.39 bits per heavy atom. The molecule has 3 N–H and O–H groups in total. The van der Waals surface area contributed by atoms with Crippen LogP contribution in [0.25, 0.3) is 5.57 Å². The first-order chi connectivity index (χ1) is 8.19. The van der Waals surface area contributed by atoms with Gasteiger partial charge in [0.25, 0.3) is 0 Å². The fraction of sp³-hybridized carbons (Fsp3) is 0.357. The van der Waals surface area contributed by atoms with Gasteiger partial charge in [-0.25, -0.2) is 4.79 Å². The highest BCUT2D eigenvalue weighted by atomic mass is 32.2. The SMILES string of the molecule is CC(=CC(=O)O)c1ccc(SC(C)(C)C)c(N)c1. The molecule has 0 amide bonds. The second kappa shape index (κ2) is 5.48. The zero-order valence-corrected chi connectivity index (χ0v) is 12.0. The molecule has 0 fully saturated rings. The second-order valence-electron chi connectivity index (χ2n) is 5.13. The van der Waals surface area contributed by atoms with Crippen LogP contribution in [0.2, 0.25) is 0 Å². The fourth-order valence-electron chi connectivity index (χ4n) is 1.49. The molecule has 1 aromatic carbocycles. The molecule has 0 radical (unpaired) electrons. The highest BCUT2D eigenvalue weighted by molar-refractivity contribution is 8.00. The fourth-order valence-corrected chi connectivity index (χ4v) is 2.46. The largest absolute Gasteiger partial charge is 0.478 e. The third kappa shape index (κ3) is 4.45. The first-order valence-electron chi connectivity index (χ1n) is 5.69. The maximum Gasteiger partial charge on any atom is 0.328 e. The Morgan fingerprint density at radius 2 is 2.00 bits per heavy atom. The van der Waals surface area contributed by atoms with Crippen LogP contribution in [0.1, 0.15) is 33.3 Å². The zero-order chi connectivity index (χ0) is 13.9.